The van der Waals surface area contributed by atoms with Gasteiger partial charge in [-0.1, -0.05) is 41.4 Å². The molecule has 1 aromatic rings. The van der Waals surface area contributed by atoms with Gasteiger partial charge in [0.15, 0.2) is 0 Å². The maximum absolute atomic E-state index is 6.17. The van der Waals surface area contributed by atoms with Crippen molar-refractivity contribution in [1.82, 2.24) is 0 Å². The number of allylic oxidation sites excluding steroid dienone is 4. The zero-order chi connectivity index (χ0) is 12.4. The van der Waals surface area contributed by atoms with Gasteiger partial charge in [-0.3, -0.25) is 0 Å². The number of nitrogens with two attached hydrogens (primary N) is 1. The number of rotatable bonds is 1. The van der Waals surface area contributed by atoms with Gasteiger partial charge in [-0.25, -0.2) is 0 Å². The normalized spacial score (nSPS) is 22.3. The number of hydrogen-bond donors (Lipinski definition) is 1. The van der Waals surface area contributed by atoms with Crippen LogP contribution in [0.4, 0.5) is 0 Å². The van der Waals surface area contributed by atoms with Gasteiger partial charge in [0.1, 0.15) is 0 Å². The molecule has 17 heavy (non-hydrogen) atoms. The molecule has 2 rings (SSSR count). The summed E-state index contributed by atoms with van der Waals surface area (Å²) < 4.78 is 0. The summed E-state index contributed by atoms with van der Waals surface area (Å²) in [5.41, 5.74) is 8.06. The summed E-state index contributed by atoms with van der Waals surface area (Å²) >= 11 is 18.1. The van der Waals surface area contributed by atoms with E-state index < -0.39 is 0 Å². The van der Waals surface area contributed by atoms with Crippen LogP contribution in [0, 0.1) is 0 Å². The minimum absolute atomic E-state index is 0.259. The highest BCUT2D eigenvalue weighted by Gasteiger charge is 2.17. The van der Waals surface area contributed by atoms with Crippen LogP contribution in [0.1, 0.15) is 5.56 Å². The van der Waals surface area contributed by atoms with Gasteiger partial charge in [0.2, 0.25) is 0 Å². The van der Waals surface area contributed by atoms with Crippen molar-refractivity contribution < 1.29 is 0 Å². The van der Waals surface area contributed by atoms with E-state index in [1.807, 2.05) is 36.4 Å². The Morgan fingerprint density at radius 1 is 1.12 bits per heavy atom. The van der Waals surface area contributed by atoms with Crippen molar-refractivity contribution in [2.45, 2.75) is 5.38 Å². The Balaban J connectivity index is 2.39. The average Bonchev–Trinajstić information content (AvgIpc) is 2.32. The van der Waals surface area contributed by atoms with E-state index in [-0.39, 0.29) is 5.38 Å². The van der Waals surface area contributed by atoms with Gasteiger partial charge in [0.25, 0.3) is 0 Å². The molecule has 0 aliphatic heterocycles. The fourth-order valence-corrected chi connectivity index (χ4v) is 2.20. The Morgan fingerprint density at radius 3 is 2.41 bits per heavy atom. The molecule has 0 saturated heterocycles. The SMILES string of the molecule is NC1=C(Cl)C(=Cc2ccc(Cl)cc2)C(Cl)C=C1. The molecule has 0 heterocycles. The van der Waals surface area contributed by atoms with Gasteiger partial charge in [-0.15, -0.1) is 11.6 Å². The van der Waals surface area contributed by atoms with Crippen LogP contribution >= 0.6 is 34.8 Å². The summed E-state index contributed by atoms with van der Waals surface area (Å²) in [5, 5.41) is 0.937. The lowest BCUT2D eigenvalue weighted by molar-refractivity contribution is 1.21. The molecule has 0 amide bonds. The first kappa shape index (κ1) is 12.6. The Labute approximate surface area is 115 Å². The molecule has 0 bridgehead atoms. The molecule has 1 nitrogen and oxygen atoms in total. The second-order valence-electron chi connectivity index (χ2n) is 3.68. The second kappa shape index (κ2) is 5.18. The summed E-state index contributed by atoms with van der Waals surface area (Å²) in [6.45, 7) is 0. The van der Waals surface area contributed by atoms with E-state index >= 15 is 0 Å². The van der Waals surface area contributed by atoms with Crippen LogP contribution in [0.25, 0.3) is 6.08 Å². The first-order chi connectivity index (χ1) is 8.08. The van der Waals surface area contributed by atoms with Crippen molar-refractivity contribution in [3.63, 3.8) is 0 Å². The summed E-state index contributed by atoms with van der Waals surface area (Å²) in [7, 11) is 0. The van der Waals surface area contributed by atoms with Crippen LogP contribution < -0.4 is 5.73 Å². The quantitative estimate of drug-likeness (QED) is 0.765. The Hall–Kier alpha value is -0.890. The summed E-state index contributed by atoms with van der Waals surface area (Å²) in [6, 6.07) is 7.43. The van der Waals surface area contributed by atoms with Crippen molar-refractivity contribution in [3.05, 3.63) is 63.3 Å². The van der Waals surface area contributed by atoms with E-state index in [9.17, 15) is 0 Å². The second-order valence-corrected chi connectivity index (χ2v) is 4.97. The fraction of sp³-hybridized carbons (Fsp3) is 0.0769. The average molecular weight is 287 g/mol. The molecule has 1 aliphatic carbocycles. The van der Waals surface area contributed by atoms with E-state index in [1.54, 1.807) is 6.08 Å². The van der Waals surface area contributed by atoms with Crippen LogP contribution in [0.15, 0.2) is 52.7 Å². The van der Waals surface area contributed by atoms with Crippen molar-refractivity contribution in [2.75, 3.05) is 0 Å². The zero-order valence-electron chi connectivity index (χ0n) is 8.83. The number of halogens is 3. The smallest absolute Gasteiger partial charge is 0.0785 e. The molecule has 1 unspecified atom stereocenters. The summed E-state index contributed by atoms with van der Waals surface area (Å²) in [4.78, 5) is 0. The van der Waals surface area contributed by atoms with Crippen LogP contribution in [-0.2, 0) is 0 Å². The molecule has 0 fully saturated rings. The Kier molecular flexibility index (Phi) is 3.82. The molecule has 0 aromatic heterocycles. The van der Waals surface area contributed by atoms with Crippen LogP contribution in [0.3, 0.4) is 0 Å². The molecule has 1 aromatic carbocycles. The van der Waals surface area contributed by atoms with Crippen LogP contribution in [-0.4, -0.2) is 5.38 Å². The molecule has 0 spiro atoms. The summed E-state index contributed by atoms with van der Waals surface area (Å²) in [6.07, 6.45) is 5.44. The van der Waals surface area contributed by atoms with Gasteiger partial charge in [0, 0.05) is 5.02 Å². The maximum Gasteiger partial charge on any atom is 0.0785 e. The lowest BCUT2D eigenvalue weighted by atomic mass is 10.0. The standard InChI is InChI=1S/C13H10Cl3N/c14-9-3-1-8(2-4-9)7-10-11(15)5-6-12(17)13(10)16/h1-7,11H,17H2. The number of benzene rings is 1. The van der Waals surface area contributed by atoms with Gasteiger partial charge < -0.3 is 5.73 Å². The van der Waals surface area contributed by atoms with Crippen molar-refractivity contribution >= 4 is 40.9 Å². The third kappa shape index (κ3) is 2.86. The maximum atomic E-state index is 6.17. The highest BCUT2D eigenvalue weighted by molar-refractivity contribution is 6.36. The van der Waals surface area contributed by atoms with Gasteiger partial charge in [0.05, 0.1) is 16.1 Å². The van der Waals surface area contributed by atoms with Crippen molar-refractivity contribution in [3.8, 4) is 0 Å². The number of hydrogen-bond acceptors (Lipinski definition) is 1. The van der Waals surface area contributed by atoms with Crippen molar-refractivity contribution in [2.24, 2.45) is 5.73 Å². The van der Waals surface area contributed by atoms with E-state index in [1.165, 1.54) is 0 Å². The van der Waals surface area contributed by atoms with Gasteiger partial charge in [-0.05, 0) is 35.4 Å². The molecule has 0 radical (unpaired) electrons. The predicted octanol–water partition coefficient (Wildman–Crippen LogP) is 4.31. The molecule has 2 N–H and O–H groups in total. The number of alkyl halides is 1. The Bertz CT molecular complexity index is 512. The predicted molar refractivity (Wildman–Crippen MR) is 75.3 cm³/mol. The van der Waals surface area contributed by atoms with Gasteiger partial charge >= 0.3 is 0 Å². The molecule has 1 atom stereocenters. The molecule has 0 saturated carbocycles. The molecule has 4 heteroatoms. The summed E-state index contributed by atoms with van der Waals surface area (Å²) in [5.74, 6) is 0. The fourth-order valence-electron chi connectivity index (χ4n) is 1.53. The highest BCUT2D eigenvalue weighted by Crippen LogP contribution is 2.31. The van der Waals surface area contributed by atoms with E-state index in [0.29, 0.717) is 15.8 Å². The third-order valence-corrected chi connectivity index (χ3v) is 3.51. The van der Waals surface area contributed by atoms with Gasteiger partial charge in [-0.2, -0.15) is 0 Å². The topological polar surface area (TPSA) is 26.0 Å². The van der Waals surface area contributed by atoms with Crippen LogP contribution in [0.2, 0.25) is 5.02 Å². The van der Waals surface area contributed by atoms with E-state index in [4.69, 9.17) is 40.5 Å². The monoisotopic (exact) mass is 285 g/mol. The van der Waals surface area contributed by atoms with Crippen LogP contribution in [0.5, 0.6) is 0 Å². The Morgan fingerprint density at radius 2 is 1.76 bits per heavy atom. The molecule has 1 aliphatic rings. The zero-order valence-corrected chi connectivity index (χ0v) is 11.1. The minimum atomic E-state index is -0.259. The molecular weight excluding hydrogens is 277 g/mol. The van der Waals surface area contributed by atoms with E-state index in [0.717, 1.165) is 11.1 Å². The first-order valence-corrected chi connectivity index (χ1v) is 6.22. The lowest BCUT2D eigenvalue weighted by Gasteiger charge is -2.16. The molecular formula is C13H10Cl3N. The molecule has 88 valence electrons. The first-order valence-electron chi connectivity index (χ1n) is 5.03. The minimum Gasteiger partial charge on any atom is -0.398 e. The highest BCUT2D eigenvalue weighted by atomic mass is 35.5. The largest absolute Gasteiger partial charge is 0.398 e. The third-order valence-electron chi connectivity index (χ3n) is 2.44. The van der Waals surface area contributed by atoms with E-state index in [2.05, 4.69) is 0 Å². The lowest BCUT2D eigenvalue weighted by Crippen LogP contribution is -2.10. The van der Waals surface area contributed by atoms with Crippen molar-refractivity contribution in [1.29, 1.82) is 0 Å².